The van der Waals surface area contributed by atoms with Crippen molar-refractivity contribution in [2.75, 3.05) is 22.9 Å². The average molecular weight is 576 g/mol. The van der Waals surface area contributed by atoms with Crippen molar-refractivity contribution in [1.82, 2.24) is 19.9 Å². The molecule has 15 nitrogen and oxygen atoms in total. The molecule has 3 aromatic rings. The van der Waals surface area contributed by atoms with Crippen molar-refractivity contribution in [2.24, 2.45) is 17.3 Å². The van der Waals surface area contributed by atoms with E-state index in [0.717, 1.165) is 0 Å². The number of nitrogens with two attached hydrogens (primary N) is 1. The molecule has 0 spiro atoms. The van der Waals surface area contributed by atoms with Gasteiger partial charge >= 0.3 is 5.95 Å². The number of aromatic nitrogens is 4. The molecule has 1 aromatic carbocycles. The van der Waals surface area contributed by atoms with Crippen LogP contribution in [-0.2, 0) is 28.5 Å². The van der Waals surface area contributed by atoms with E-state index in [4.69, 9.17) is 14.6 Å². The smallest absolute Gasteiger partial charge is 0.390 e. The van der Waals surface area contributed by atoms with Crippen molar-refractivity contribution in [1.29, 1.82) is 0 Å². The van der Waals surface area contributed by atoms with Crippen LogP contribution in [0, 0.1) is 15.9 Å². The van der Waals surface area contributed by atoms with E-state index >= 15 is 0 Å². The second kappa shape index (κ2) is 11.2. The summed E-state index contributed by atoms with van der Waals surface area (Å²) in [5, 5.41) is 33.3. The predicted octanol–water partition coefficient (Wildman–Crippen LogP) is 1.69. The maximum absolute atomic E-state index is 13.6. The summed E-state index contributed by atoms with van der Waals surface area (Å²) in [7, 11) is -2.17. The molecule has 0 aliphatic carbocycles. The van der Waals surface area contributed by atoms with Crippen molar-refractivity contribution in [2.45, 2.75) is 13.0 Å². The van der Waals surface area contributed by atoms with Crippen LogP contribution in [0.2, 0.25) is 0 Å². The minimum absolute atomic E-state index is 0.00428. The Hall–Kier alpha value is -3.64. The van der Waals surface area contributed by atoms with Gasteiger partial charge in [-0.2, -0.15) is 0 Å². The average Bonchev–Trinajstić information content (AvgIpc) is 3.39. The number of sulfonamides is 1. The number of anilines is 2. The summed E-state index contributed by atoms with van der Waals surface area (Å²) >= 11 is 3.09. The zero-order valence-electron chi connectivity index (χ0n) is 18.0. The number of primary sulfonamides is 1. The van der Waals surface area contributed by atoms with Gasteiger partial charge in [-0.3, -0.25) is 0 Å². The largest absolute Gasteiger partial charge is 0.434 e. The predicted molar refractivity (Wildman–Crippen MR) is 124 cm³/mol. The third kappa shape index (κ3) is 7.17. The molecule has 2 heterocycles. The molecule has 0 radical (unpaired) electrons. The first-order valence-corrected chi connectivity index (χ1v) is 12.2. The van der Waals surface area contributed by atoms with Crippen LogP contribution in [0.4, 0.5) is 21.8 Å². The van der Waals surface area contributed by atoms with Gasteiger partial charge in [-0.05, 0) is 55.8 Å². The number of imidazole rings is 1. The van der Waals surface area contributed by atoms with Gasteiger partial charge in [0.15, 0.2) is 18.0 Å². The molecule has 0 amide bonds. The fourth-order valence-electron chi connectivity index (χ4n) is 2.68. The molecule has 0 unspecified atom stereocenters. The number of benzene rings is 1. The Balaban J connectivity index is 1.81. The van der Waals surface area contributed by atoms with Crippen LogP contribution in [0.1, 0.15) is 17.8 Å². The van der Waals surface area contributed by atoms with E-state index in [1.165, 1.54) is 36.0 Å². The van der Waals surface area contributed by atoms with Gasteiger partial charge in [-0.15, -0.1) is 0 Å². The van der Waals surface area contributed by atoms with E-state index < -0.39 is 20.8 Å². The lowest BCUT2D eigenvalue weighted by atomic mass is 10.3. The summed E-state index contributed by atoms with van der Waals surface area (Å²) in [6.07, 6.45) is 1.46. The van der Waals surface area contributed by atoms with Gasteiger partial charge in [0.1, 0.15) is 12.0 Å². The van der Waals surface area contributed by atoms with E-state index in [2.05, 4.69) is 47.0 Å². The summed E-state index contributed by atoms with van der Waals surface area (Å²) in [4.78, 5) is 19.4. The molecule has 0 fully saturated rings. The highest BCUT2D eigenvalue weighted by Crippen LogP contribution is 2.22. The number of hydrogen-bond acceptors (Lipinski definition) is 11. The van der Waals surface area contributed by atoms with Crippen molar-refractivity contribution < 1.29 is 27.2 Å². The molecular formula is C17H19BrFN9O6S. The second-order valence-electron chi connectivity index (χ2n) is 6.94. The zero-order valence-corrected chi connectivity index (χ0v) is 20.4. The summed E-state index contributed by atoms with van der Waals surface area (Å²) in [5.41, 5.74) is 0.834. The van der Waals surface area contributed by atoms with E-state index in [1.807, 2.05) is 0 Å². The van der Waals surface area contributed by atoms with Gasteiger partial charge in [-0.25, -0.2) is 27.1 Å². The summed E-state index contributed by atoms with van der Waals surface area (Å²) in [6, 6.07) is 4.10. The number of nitro groups is 1. The molecule has 3 rings (SSSR count). The molecular weight excluding hydrogens is 557 g/mol. The van der Waals surface area contributed by atoms with Crippen molar-refractivity contribution in [3.8, 4) is 0 Å². The number of hydrogen-bond donors (Lipinski definition) is 3. The number of halogens is 2. The lowest BCUT2D eigenvalue weighted by molar-refractivity contribution is -0.396. The number of nitrogens with one attached hydrogen (secondary N) is 2. The first kappa shape index (κ1) is 26.0. The van der Waals surface area contributed by atoms with Crippen LogP contribution in [-0.4, -0.2) is 51.3 Å². The van der Waals surface area contributed by atoms with Gasteiger partial charge < -0.3 is 25.6 Å². The van der Waals surface area contributed by atoms with Crippen LogP contribution in [0.15, 0.2) is 38.7 Å². The highest BCUT2D eigenvalue weighted by molar-refractivity contribution is 9.10. The maximum atomic E-state index is 13.6. The lowest BCUT2D eigenvalue weighted by Gasteiger charge is -2.10. The summed E-state index contributed by atoms with van der Waals surface area (Å²) in [5.74, 6) is -0.984. The molecule has 18 heteroatoms. The molecule has 35 heavy (non-hydrogen) atoms. The quantitative estimate of drug-likeness (QED) is 0.0984. The fraction of sp³-hybridized carbons (Fsp3) is 0.294. The van der Waals surface area contributed by atoms with Crippen molar-refractivity contribution in [3.63, 3.8) is 0 Å². The number of nitrogens with zero attached hydrogens (tertiary/aromatic N) is 6. The maximum Gasteiger partial charge on any atom is 0.434 e. The van der Waals surface area contributed by atoms with Crippen LogP contribution in [0.5, 0.6) is 0 Å². The lowest BCUT2D eigenvalue weighted by Crippen LogP contribution is -2.20. The Morgan fingerprint density at radius 1 is 1.43 bits per heavy atom. The molecule has 0 bridgehead atoms. The standard InChI is InChI=1S/C17H19BrFN9O6S/c1-27-11(8-22-17(27)28(29)30)9-33-25-16(23-10-3-4-13(19)12(18)7-10)14-15(26-34-24-14)21-5-2-6-35(20,31)32/h3-4,7-8H,2,5-6,9H2,1H3,(H,21,26)(H,23,25)(H2,20,31,32). The third-order valence-corrected chi connectivity index (χ3v) is 5.85. The third-order valence-electron chi connectivity index (χ3n) is 4.38. The Bertz CT molecular complexity index is 1340. The van der Waals surface area contributed by atoms with Crippen LogP contribution < -0.4 is 15.8 Å². The Morgan fingerprint density at radius 2 is 2.20 bits per heavy atom. The molecule has 0 saturated heterocycles. The van der Waals surface area contributed by atoms with Gasteiger partial charge in [0.2, 0.25) is 21.7 Å². The minimum atomic E-state index is -3.63. The van der Waals surface area contributed by atoms with E-state index in [-0.39, 0.29) is 53.1 Å². The highest BCUT2D eigenvalue weighted by atomic mass is 79.9. The van der Waals surface area contributed by atoms with Crippen LogP contribution in [0.25, 0.3) is 0 Å². The molecule has 0 aliphatic heterocycles. The second-order valence-corrected chi connectivity index (χ2v) is 9.53. The highest BCUT2D eigenvalue weighted by Gasteiger charge is 2.20. The summed E-state index contributed by atoms with van der Waals surface area (Å²) < 4.78 is 42.0. The molecule has 0 aliphatic rings. The number of oxime groups is 1. The fourth-order valence-corrected chi connectivity index (χ4v) is 3.60. The van der Waals surface area contributed by atoms with Gasteiger partial charge in [0.05, 0.1) is 17.3 Å². The monoisotopic (exact) mass is 575 g/mol. The van der Waals surface area contributed by atoms with E-state index in [9.17, 15) is 22.9 Å². The molecule has 188 valence electrons. The van der Waals surface area contributed by atoms with Gasteiger partial charge in [0.25, 0.3) is 0 Å². The summed E-state index contributed by atoms with van der Waals surface area (Å²) in [6.45, 7) is -0.00933. The number of rotatable bonds is 11. The normalized spacial score (nSPS) is 11.9. The van der Waals surface area contributed by atoms with Crippen LogP contribution >= 0.6 is 15.9 Å². The van der Waals surface area contributed by atoms with E-state index in [0.29, 0.717) is 11.4 Å². The number of amidine groups is 1. The first-order chi connectivity index (χ1) is 16.5. The Labute approximate surface area is 205 Å². The van der Waals surface area contributed by atoms with E-state index in [1.54, 1.807) is 0 Å². The Kier molecular flexibility index (Phi) is 8.30. The van der Waals surface area contributed by atoms with Crippen molar-refractivity contribution in [3.05, 3.63) is 56.2 Å². The zero-order chi connectivity index (χ0) is 25.6. The Morgan fingerprint density at radius 3 is 2.86 bits per heavy atom. The first-order valence-electron chi connectivity index (χ1n) is 9.69. The van der Waals surface area contributed by atoms with Crippen molar-refractivity contribution >= 4 is 49.2 Å². The molecule has 2 aromatic heterocycles. The molecule has 4 N–H and O–H groups in total. The molecule has 0 atom stereocenters. The topological polar surface area (TPSA) is 206 Å². The van der Waals surface area contributed by atoms with Crippen LogP contribution in [0.3, 0.4) is 0 Å². The van der Waals surface area contributed by atoms with Gasteiger partial charge in [0, 0.05) is 12.2 Å². The molecule has 0 saturated carbocycles. The SMILES string of the molecule is Cn1c(CO/N=C(\Nc2ccc(F)c(Br)c2)c2nonc2NCCCS(N)(=O)=O)cnc1[N+](=O)[O-]. The minimum Gasteiger partial charge on any atom is -0.390 e. The van der Waals surface area contributed by atoms with Gasteiger partial charge in [-0.1, -0.05) is 10.1 Å².